The van der Waals surface area contributed by atoms with Crippen LogP contribution in [0, 0.1) is 11.3 Å². The molecule has 0 heterocycles. The van der Waals surface area contributed by atoms with Crippen molar-refractivity contribution in [3.05, 3.63) is 57.6 Å². The molecule has 2 aromatic carbocycles. The number of nitriles is 1. The smallest absolute Gasteiger partial charge is 0.167 e. The fourth-order valence-electron chi connectivity index (χ4n) is 2.02. The van der Waals surface area contributed by atoms with Gasteiger partial charge in [-0.15, -0.1) is 0 Å². The molecule has 0 N–H and O–H groups in total. The fourth-order valence-corrected chi connectivity index (χ4v) is 2.32. The Labute approximate surface area is 139 Å². The molecule has 2 rings (SSSR count). The number of hydrogen-bond donors (Lipinski definition) is 0. The largest absolute Gasteiger partial charge is 0.493 e. The second-order valence-electron chi connectivity index (χ2n) is 4.38. The highest BCUT2D eigenvalue weighted by Crippen LogP contribution is 2.34. The van der Waals surface area contributed by atoms with Crippen LogP contribution in [0.5, 0.6) is 11.5 Å². The molecule has 2 aromatic rings. The Morgan fingerprint density at radius 2 is 1.86 bits per heavy atom. The number of rotatable bonds is 4. The molecule has 5 heteroatoms. The van der Waals surface area contributed by atoms with E-state index in [-0.39, 0.29) is 0 Å². The summed E-state index contributed by atoms with van der Waals surface area (Å²) in [6.07, 6.45) is 1.72. The van der Waals surface area contributed by atoms with Crippen molar-refractivity contribution >= 4 is 34.9 Å². The van der Waals surface area contributed by atoms with Crippen molar-refractivity contribution in [3.63, 3.8) is 0 Å². The molecule has 0 unspecified atom stereocenters. The van der Waals surface area contributed by atoms with Crippen LogP contribution in [0.2, 0.25) is 10.0 Å². The average molecular weight is 334 g/mol. The molecule has 0 bridgehead atoms. The van der Waals surface area contributed by atoms with Gasteiger partial charge < -0.3 is 9.47 Å². The summed E-state index contributed by atoms with van der Waals surface area (Å²) < 4.78 is 10.6. The Bertz CT molecular complexity index is 764. The van der Waals surface area contributed by atoms with Gasteiger partial charge in [0, 0.05) is 5.56 Å². The number of hydrogen-bond acceptors (Lipinski definition) is 3. The fraction of sp³-hybridized carbons (Fsp3) is 0.118. The number of ether oxygens (including phenoxy) is 2. The SMILES string of the molecule is COc1cccc(/C=C(/C#N)c2ccc(Cl)c(Cl)c2)c1OC. The molecule has 0 spiro atoms. The van der Waals surface area contributed by atoms with E-state index in [1.165, 1.54) is 0 Å². The molecule has 0 radical (unpaired) electrons. The van der Waals surface area contributed by atoms with E-state index in [2.05, 4.69) is 6.07 Å². The third-order valence-electron chi connectivity index (χ3n) is 3.08. The highest BCUT2D eigenvalue weighted by molar-refractivity contribution is 6.42. The zero-order valence-electron chi connectivity index (χ0n) is 12.1. The summed E-state index contributed by atoms with van der Waals surface area (Å²) in [6, 6.07) is 12.7. The first kappa shape index (κ1) is 16.2. The number of allylic oxidation sites excluding steroid dienone is 1. The van der Waals surface area contributed by atoms with Crippen molar-refractivity contribution in [3.8, 4) is 17.6 Å². The van der Waals surface area contributed by atoms with Gasteiger partial charge in [-0.25, -0.2) is 0 Å². The number of halogens is 2. The first-order valence-corrected chi connectivity index (χ1v) is 7.14. The molecule has 0 atom stereocenters. The van der Waals surface area contributed by atoms with Crippen LogP contribution in [-0.2, 0) is 0 Å². The van der Waals surface area contributed by atoms with Gasteiger partial charge in [-0.3, -0.25) is 0 Å². The van der Waals surface area contributed by atoms with Gasteiger partial charge in [0.05, 0.1) is 35.9 Å². The lowest BCUT2D eigenvalue weighted by atomic mass is 10.0. The number of para-hydroxylation sites is 1. The van der Waals surface area contributed by atoms with Crippen molar-refractivity contribution in [2.24, 2.45) is 0 Å². The maximum absolute atomic E-state index is 9.42. The van der Waals surface area contributed by atoms with Crippen LogP contribution < -0.4 is 9.47 Å². The lowest BCUT2D eigenvalue weighted by molar-refractivity contribution is 0.354. The zero-order valence-corrected chi connectivity index (χ0v) is 13.6. The third-order valence-corrected chi connectivity index (χ3v) is 3.82. The van der Waals surface area contributed by atoms with Crippen molar-refractivity contribution < 1.29 is 9.47 Å². The molecule has 0 amide bonds. The van der Waals surface area contributed by atoms with Crippen LogP contribution >= 0.6 is 23.2 Å². The molecule has 112 valence electrons. The highest BCUT2D eigenvalue weighted by Gasteiger charge is 2.10. The maximum atomic E-state index is 9.42. The number of methoxy groups -OCH3 is 2. The van der Waals surface area contributed by atoms with Gasteiger partial charge in [-0.05, 0) is 29.8 Å². The van der Waals surface area contributed by atoms with Gasteiger partial charge in [-0.1, -0.05) is 41.4 Å². The summed E-state index contributed by atoms with van der Waals surface area (Å²) >= 11 is 11.9. The number of benzene rings is 2. The van der Waals surface area contributed by atoms with Crippen molar-refractivity contribution in [2.45, 2.75) is 0 Å². The quantitative estimate of drug-likeness (QED) is 0.579. The van der Waals surface area contributed by atoms with Crippen LogP contribution in [0.25, 0.3) is 11.6 Å². The van der Waals surface area contributed by atoms with Gasteiger partial charge in [0.25, 0.3) is 0 Å². The van der Waals surface area contributed by atoms with Gasteiger partial charge in [0.15, 0.2) is 11.5 Å². The van der Waals surface area contributed by atoms with Crippen LogP contribution in [0.4, 0.5) is 0 Å². The Kier molecular flexibility index (Phi) is 5.32. The predicted octanol–water partition coefficient (Wildman–Crippen LogP) is 5.07. The summed E-state index contributed by atoms with van der Waals surface area (Å²) in [5.74, 6) is 1.17. The van der Waals surface area contributed by atoms with Crippen LogP contribution in [-0.4, -0.2) is 14.2 Å². The van der Waals surface area contributed by atoms with Gasteiger partial charge in [0.1, 0.15) is 0 Å². The molecule has 0 aliphatic rings. The predicted molar refractivity (Wildman–Crippen MR) is 89.5 cm³/mol. The van der Waals surface area contributed by atoms with Crippen molar-refractivity contribution in [1.29, 1.82) is 5.26 Å². The first-order chi connectivity index (χ1) is 10.6. The first-order valence-electron chi connectivity index (χ1n) is 6.39. The molecular weight excluding hydrogens is 321 g/mol. The van der Waals surface area contributed by atoms with Gasteiger partial charge >= 0.3 is 0 Å². The molecule has 0 saturated carbocycles. The molecule has 0 aliphatic carbocycles. The maximum Gasteiger partial charge on any atom is 0.167 e. The van der Waals surface area contributed by atoms with Crippen molar-refractivity contribution in [1.82, 2.24) is 0 Å². The van der Waals surface area contributed by atoms with E-state index in [1.54, 1.807) is 44.6 Å². The van der Waals surface area contributed by atoms with E-state index < -0.39 is 0 Å². The summed E-state index contributed by atoms with van der Waals surface area (Å²) in [6.45, 7) is 0. The lowest BCUT2D eigenvalue weighted by Gasteiger charge is -2.10. The molecule has 0 fully saturated rings. The Morgan fingerprint density at radius 1 is 1.09 bits per heavy atom. The Balaban J connectivity index is 2.54. The van der Waals surface area contributed by atoms with Gasteiger partial charge in [-0.2, -0.15) is 5.26 Å². The lowest BCUT2D eigenvalue weighted by Crippen LogP contribution is -1.93. The highest BCUT2D eigenvalue weighted by atomic mass is 35.5. The van der Waals surface area contributed by atoms with Gasteiger partial charge in [0.2, 0.25) is 0 Å². The van der Waals surface area contributed by atoms with E-state index in [4.69, 9.17) is 32.7 Å². The molecular formula is C17H13Cl2NO2. The molecule has 0 aromatic heterocycles. The monoisotopic (exact) mass is 333 g/mol. The third kappa shape index (κ3) is 3.36. The topological polar surface area (TPSA) is 42.2 Å². The van der Waals surface area contributed by atoms with Crippen LogP contribution in [0.15, 0.2) is 36.4 Å². The van der Waals surface area contributed by atoms with E-state index >= 15 is 0 Å². The second-order valence-corrected chi connectivity index (χ2v) is 5.20. The Morgan fingerprint density at radius 3 is 2.45 bits per heavy atom. The minimum atomic E-state index is 0.401. The van der Waals surface area contributed by atoms with E-state index in [0.29, 0.717) is 32.7 Å². The van der Waals surface area contributed by atoms with E-state index in [1.807, 2.05) is 12.1 Å². The molecule has 3 nitrogen and oxygen atoms in total. The number of nitrogens with zero attached hydrogens (tertiary/aromatic N) is 1. The normalized spacial score (nSPS) is 11.0. The summed E-state index contributed by atoms with van der Waals surface area (Å²) in [7, 11) is 3.12. The van der Waals surface area contributed by atoms with Crippen LogP contribution in [0.3, 0.4) is 0 Å². The molecule has 0 saturated heterocycles. The summed E-state index contributed by atoms with van der Waals surface area (Å²) in [5, 5.41) is 10.3. The summed E-state index contributed by atoms with van der Waals surface area (Å²) in [5.41, 5.74) is 1.87. The standard InChI is InChI=1S/C17H13Cl2NO2/c1-21-16-5-3-4-12(17(16)22-2)8-13(10-20)11-6-7-14(18)15(19)9-11/h3-9H,1-2H3/b13-8-. The zero-order chi connectivity index (χ0) is 16.1. The average Bonchev–Trinajstić information content (AvgIpc) is 2.54. The van der Waals surface area contributed by atoms with E-state index in [9.17, 15) is 5.26 Å². The molecule has 22 heavy (non-hydrogen) atoms. The summed E-state index contributed by atoms with van der Waals surface area (Å²) in [4.78, 5) is 0. The Hall–Kier alpha value is -2.15. The van der Waals surface area contributed by atoms with E-state index in [0.717, 1.165) is 5.56 Å². The minimum absolute atomic E-state index is 0.401. The minimum Gasteiger partial charge on any atom is -0.493 e. The second kappa shape index (κ2) is 7.22. The van der Waals surface area contributed by atoms with Crippen molar-refractivity contribution in [2.75, 3.05) is 14.2 Å². The molecule has 0 aliphatic heterocycles. The van der Waals surface area contributed by atoms with Crippen LogP contribution in [0.1, 0.15) is 11.1 Å².